The highest BCUT2D eigenvalue weighted by molar-refractivity contribution is 5.64. The smallest absolute Gasteiger partial charge is 0.353 e. The van der Waals surface area contributed by atoms with Gasteiger partial charge in [-0.2, -0.15) is 13.2 Å². The molecule has 2 aromatic rings. The first-order chi connectivity index (χ1) is 15.3. The lowest BCUT2D eigenvalue weighted by Gasteiger charge is -2.38. The number of benzene rings is 2. The fraction of sp³-hybridized carbons (Fsp3) is 0.556. The Balaban J connectivity index is 2.20. The maximum Gasteiger partial charge on any atom is 0.416 e. The predicted molar refractivity (Wildman–Crippen MR) is 125 cm³/mol. The standard InChI is InChI=1S/C27H37F3O2/c1-5-7-8-9-10-11-12-25(26(6-2,31-3)32-4)23-15-13-21(14-16-23)22-17-19-24(20-18-22)27(28,29)30/h13-20,25H,5-12H2,1-4H3. The Hall–Kier alpha value is -1.85. The molecule has 2 aromatic carbocycles. The quantitative estimate of drug-likeness (QED) is 0.225. The largest absolute Gasteiger partial charge is 0.416 e. The van der Waals surface area contributed by atoms with Crippen LogP contribution in [0.3, 0.4) is 0 Å². The molecular weight excluding hydrogens is 413 g/mol. The second-order valence-electron chi connectivity index (χ2n) is 8.38. The molecule has 0 aliphatic heterocycles. The van der Waals surface area contributed by atoms with E-state index in [1.54, 1.807) is 14.2 Å². The second-order valence-corrected chi connectivity index (χ2v) is 8.38. The molecule has 0 saturated carbocycles. The summed E-state index contributed by atoms with van der Waals surface area (Å²) >= 11 is 0. The highest BCUT2D eigenvalue weighted by Crippen LogP contribution is 2.39. The molecule has 5 heteroatoms. The number of ether oxygens (including phenoxy) is 2. The number of hydrogen-bond acceptors (Lipinski definition) is 2. The Morgan fingerprint density at radius 3 is 1.69 bits per heavy atom. The molecule has 0 bridgehead atoms. The summed E-state index contributed by atoms with van der Waals surface area (Å²) in [5.41, 5.74) is 2.14. The van der Waals surface area contributed by atoms with Crippen LogP contribution in [-0.2, 0) is 15.7 Å². The second kappa shape index (κ2) is 12.4. The molecule has 0 spiro atoms. The van der Waals surface area contributed by atoms with Crippen LogP contribution in [0.2, 0.25) is 0 Å². The summed E-state index contributed by atoms with van der Waals surface area (Å²) in [5.74, 6) is -0.616. The molecular formula is C27H37F3O2. The van der Waals surface area contributed by atoms with E-state index in [9.17, 15) is 13.2 Å². The maximum atomic E-state index is 12.8. The molecule has 178 valence electrons. The van der Waals surface area contributed by atoms with Gasteiger partial charge in [0.05, 0.1) is 5.56 Å². The fourth-order valence-electron chi connectivity index (χ4n) is 4.43. The topological polar surface area (TPSA) is 18.5 Å². The zero-order chi connectivity index (χ0) is 23.6. The zero-order valence-corrected chi connectivity index (χ0v) is 19.8. The number of rotatable bonds is 13. The fourth-order valence-corrected chi connectivity index (χ4v) is 4.43. The molecule has 0 aliphatic rings. The minimum absolute atomic E-state index is 0.0790. The lowest BCUT2D eigenvalue weighted by molar-refractivity contribution is -0.225. The SMILES string of the molecule is CCCCCCCCC(c1ccc(-c2ccc(C(F)(F)F)cc2)cc1)C(CC)(OC)OC. The summed E-state index contributed by atoms with van der Waals surface area (Å²) < 4.78 is 50.3. The van der Waals surface area contributed by atoms with Crippen LogP contribution in [0.1, 0.15) is 82.3 Å². The van der Waals surface area contributed by atoms with Crippen molar-refractivity contribution < 1.29 is 22.6 Å². The summed E-state index contributed by atoms with van der Waals surface area (Å²) in [6, 6.07) is 13.3. The van der Waals surface area contributed by atoms with Gasteiger partial charge in [0.25, 0.3) is 0 Å². The van der Waals surface area contributed by atoms with E-state index in [0.29, 0.717) is 0 Å². The Labute approximate surface area is 191 Å². The van der Waals surface area contributed by atoms with Crippen molar-refractivity contribution in [3.63, 3.8) is 0 Å². The van der Waals surface area contributed by atoms with Gasteiger partial charge in [-0.15, -0.1) is 0 Å². The molecule has 1 unspecified atom stereocenters. The van der Waals surface area contributed by atoms with Gasteiger partial charge in [0.15, 0.2) is 5.79 Å². The third-order valence-corrected chi connectivity index (χ3v) is 6.42. The highest BCUT2D eigenvalue weighted by atomic mass is 19.4. The van der Waals surface area contributed by atoms with Gasteiger partial charge in [-0.25, -0.2) is 0 Å². The first-order valence-corrected chi connectivity index (χ1v) is 11.7. The molecule has 2 rings (SSSR count). The minimum atomic E-state index is -4.32. The normalized spacial score (nSPS) is 13.3. The number of unbranched alkanes of at least 4 members (excludes halogenated alkanes) is 5. The summed E-state index contributed by atoms with van der Waals surface area (Å²) in [4.78, 5) is 0. The molecule has 0 saturated heterocycles. The van der Waals surface area contributed by atoms with Gasteiger partial charge in [-0.1, -0.05) is 88.8 Å². The molecule has 0 aliphatic carbocycles. The summed E-state index contributed by atoms with van der Waals surface area (Å²) in [6.45, 7) is 4.29. The Bertz CT molecular complexity index is 770. The Kier molecular flexibility index (Phi) is 10.2. The van der Waals surface area contributed by atoms with Crippen molar-refractivity contribution >= 4 is 0 Å². The van der Waals surface area contributed by atoms with Gasteiger partial charge in [0.1, 0.15) is 0 Å². The van der Waals surface area contributed by atoms with Crippen LogP contribution in [-0.4, -0.2) is 20.0 Å². The van der Waals surface area contributed by atoms with E-state index >= 15 is 0 Å². The predicted octanol–water partition coefficient (Wildman–Crippen LogP) is 8.61. The van der Waals surface area contributed by atoms with Gasteiger partial charge < -0.3 is 9.47 Å². The molecule has 0 radical (unpaired) electrons. The first-order valence-electron chi connectivity index (χ1n) is 11.7. The van der Waals surface area contributed by atoms with Crippen LogP contribution in [0.15, 0.2) is 48.5 Å². The van der Waals surface area contributed by atoms with E-state index in [4.69, 9.17) is 9.47 Å². The minimum Gasteiger partial charge on any atom is -0.353 e. The van der Waals surface area contributed by atoms with Gasteiger partial charge in [0, 0.05) is 20.1 Å². The summed E-state index contributed by atoms with van der Waals surface area (Å²) in [5, 5.41) is 0. The molecule has 0 aromatic heterocycles. The number of hydrogen-bond donors (Lipinski definition) is 0. The van der Waals surface area contributed by atoms with Crippen molar-refractivity contribution in [1.82, 2.24) is 0 Å². The maximum absolute atomic E-state index is 12.8. The van der Waals surface area contributed by atoms with Crippen LogP contribution in [0, 0.1) is 0 Å². The van der Waals surface area contributed by atoms with E-state index < -0.39 is 17.5 Å². The van der Waals surface area contributed by atoms with Gasteiger partial charge in [-0.05, 0) is 41.7 Å². The zero-order valence-electron chi connectivity index (χ0n) is 19.8. The van der Waals surface area contributed by atoms with Crippen molar-refractivity contribution in [2.75, 3.05) is 14.2 Å². The third kappa shape index (κ3) is 6.82. The van der Waals surface area contributed by atoms with Gasteiger partial charge in [-0.3, -0.25) is 0 Å². The average molecular weight is 451 g/mol. The van der Waals surface area contributed by atoms with E-state index in [1.165, 1.54) is 44.2 Å². The van der Waals surface area contributed by atoms with Crippen LogP contribution in [0.25, 0.3) is 11.1 Å². The average Bonchev–Trinajstić information content (AvgIpc) is 2.81. The van der Waals surface area contributed by atoms with E-state index in [2.05, 4.69) is 26.0 Å². The van der Waals surface area contributed by atoms with Gasteiger partial charge in [0.2, 0.25) is 0 Å². The van der Waals surface area contributed by atoms with Crippen molar-refractivity contribution in [2.45, 2.75) is 83.1 Å². The molecule has 0 fully saturated rings. The van der Waals surface area contributed by atoms with Crippen molar-refractivity contribution in [2.24, 2.45) is 0 Å². The van der Waals surface area contributed by atoms with Gasteiger partial charge >= 0.3 is 6.18 Å². The number of alkyl halides is 3. The van der Waals surface area contributed by atoms with Crippen molar-refractivity contribution in [3.05, 3.63) is 59.7 Å². The summed E-state index contributed by atoms with van der Waals surface area (Å²) in [7, 11) is 3.38. The molecule has 0 amide bonds. The van der Waals surface area contributed by atoms with E-state index in [0.717, 1.165) is 48.1 Å². The number of methoxy groups -OCH3 is 2. The van der Waals surface area contributed by atoms with Crippen molar-refractivity contribution in [1.29, 1.82) is 0 Å². The molecule has 0 N–H and O–H groups in total. The van der Waals surface area contributed by atoms with Crippen LogP contribution < -0.4 is 0 Å². The lowest BCUT2D eigenvalue weighted by atomic mass is 9.83. The van der Waals surface area contributed by atoms with E-state index in [-0.39, 0.29) is 5.92 Å². The highest BCUT2D eigenvalue weighted by Gasteiger charge is 2.38. The van der Waals surface area contributed by atoms with Crippen LogP contribution >= 0.6 is 0 Å². The van der Waals surface area contributed by atoms with Crippen LogP contribution in [0.4, 0.5) is 13.2 Å². The van der Waals surface area contributed by atoms with Crippen LogP contribution in [0.5, 0.6) is 0 Å². The number of halogens is 3. The molecule has 1 atom stereocenters. The lowest BCUT2D eigenvalue weighted by Crippen LogP contribution is -2.40. The molecule has 0 heterocycles. The van der Waals surface area contributed by atoms with E-state index in [1.807, 2.05) is 12.1 Å². The third-order valence-electron chi connectivity index (χ3n) is 6.42. The monoisotopic (exact) mass is 450 g/mol. The molecule has 2 nitrogen and oxygen atoms in total. The molecule has 32 heavy (non-hydrogen) atoms. The van der Waals surface area contributed by atoms with Crippen molar-refractivity contribution in [3.8, 4) is 11.1 Å². The first kappa shape index (κ1) is 26.4. The Morgan fingerprint density at radius 1 is 0.719 bits per heavy atom. The summed E-state index contributed by atoms with van der Waals surface area (Å²) in [6.07, 6.45) is 4.68. The Morgan fingerprint density at radius 2 is 1.22 bits per heavy atom.